The van der Waals surface area contributed by atoms with Gasteiger partial charge in [-0.05, 0) is 48.6 Å². The Kier molecular flexibility index (Phi) is 10.5. The fraction of sp³-hybridized carbons (Fsp3) is 0.471. The first-order valence-electron chi connectivity index (χ1n) is 14.2. The molecule has 0 heterocycles. The van der Waals surface area contributed by atoms with Crippen molar-refractivity contribution in [1.82, 2.24) is 10.6 Å². The van der Waals surface area contributed by atoms with E-state index in [0.29, 0.717) is 12.8 Å². The van der Waals surface area contributed by atoms with Gasteiger partial charge in [-0.2, -0.15) is 0 Å². The minimum Gasteiger partial charge on any atom is -0.386 e. The summed E-state index contributed by atoms with van der Waals surface area (Å²) in [7, 11) is 0. The number of benzene rings is 2. The Morgan fingerprint density at radius 3 is 1.23 bits per heavy atom. The predicted octanol–water partition coefficient (Wildman–Crippen LogP) is 5.94. The molecule has 2 aromatic carbocycles. The van der Waals surface area contributed by atoms with E-state index in [1.165, 1.54) is 0 Å². The fourth-order valence-corrected chi connectivity index (χ4v) is 5.50. The third-order valence-electron chi connectivity index (χ3n) is 7.37. The summed E-state index contributed by atoms with van der Waals surface area (Å²) >= 11 is 0. The first-order valence-corrected chi connectivity index (χ1v) is 14.2. The molecule has 0 amide bonds. The van der Waals surface area contributed by atoms with Crippen molar-refractivity contribution in [1.29, 1.82) is 0 Å². The van der Waals surface area contributed by atoms with Gasteiger partial charge in [-0.3, -0.25) is 9.59 Å². The zero-order chi connectivity index (χ0) is 29.5. The monoisotopic (exact) mass is 546 g/mol. The molecule has 0 radical (unpaired) electrons. The van der Waals surface area contributed by atoms with Crippen LogP contribution in [0.2, 0.25) is 0 Å². The highest BCUT2D eigenvalue weighted by Gasteiger charge is 2.30. The highest BCUT2D eigenvalue weighted by atomic mass is 16.3. The van der Waals surface area contributed by atoms with E-state index in [0.717, 1.165) is 35.4 Å². The van der Waals surface area contributed by atoms with Gasteiger partial charge in [0.15, 0.2) is 11.6 Å². The Bertz CT molecular complexity index is 1110. The van der Waals surface area contributed by atoms with E-state index in [2.05, 4.69) is 38.3 Å². The summed E-state index contributed by atoms with van der Waals surface area (Å²) in [6.07, 6.45) is 5.05. The predicted molar refractivity (Wildman–Crippen MR) is 160 cm³/mol. The zero-order valence-corrected chi connectivity index (χ0v) is 24.8. The highest BCUT2D eigenvalue weighted by molar-refractivity contribution is 5.92. The molecule has 216 valence electrons. The number of carbonyl (C=O) groups is 2. The first kappa shape index (κ1) is 31.3. The van der Waals surface area contributed by atoms with Crippen LogP contribution in [0.15, 0.2) is 84.2 Å². The summed E-state index contributed by atoms with van der Waals surface area (Å²) in [5, 5.41) is 27.3. The maximum Gasteiger partial charge on any atom is 0.157 e. The van der Waals surface area contributed by atoms with E-state index in [9.17, 15) is 19.8 Å². The molecule has 2 aliphatic rings. The third-order valence-corrected chi connectivity index (χ3v) is 7.37. The van der Waals surface area contributed by atoms with Gasteiger partial charge in [0.2, 0.25) is 0 Å². The van der Waals surface area contributed by atoms with Gasteiger partial charge in [-0.15, -0.1) is 0 Å². The first-order chi connectivity index (χ1) is 18.7. The number of hydrogen-bond acceptors (Lipinski definition) is 6. The number of aliphatic hydroxyl groups is 2. The van der Waals surface area contributed by atoms with Crippen molar-refractivity contribution >= 4 is 11.6 Å². The van der Waals surface area contributed by atoms with E-state index in [4.69, 9.17) is 0 Å². The Morgan fingerprint density at radius 1 is 0.600 bits per heavy atom. The normalized spacial score (nSPS) is 21.0. The molecule has 0 saturated heterocycles. The summed E-state index contributed by atoms with van der Waals surface area (Å²) in [4.78, 5) is 23.5. The number of allylic oxidation sites excluding steroid dienone is 4. The van der Waals surface area contributed by atoms with Crippen LogP contribution in [-0.2, 0) is 9.59 Å². The molecular weight excluding hydrogens is 500 g/mol. The van der Waals surface area contributed by atoms with E-state index >= 15 is 0 Å². The molecule has 6 nitrogen and oxygen atoms in total. The molecule has 0 spiro atoms. The van der Waals surface area contributed by atoms with E-state index < -0.39 is 12.2 Å². The van der Waals surface area contributed by atoms with E-state index in [-0.39, 0.29) is 34.5 Å². The van der Waals surface area contributed by atoms with Crippen LogP contribution in [0, 0.1) is 10.8 Å². The summed E-state index contributed by atoms with van der Waals surface area (Å²) in [6.45, 7) is 12.3. The number of hydrogen-bond donors (Lipinski definition) is 4. The second-order valence-electron chi connectivity index (χ2n) is 12.9. The number of carbonyl (C=O) groups excluding carboxylic acids is 2. The molecule has 4 N–H and O–H groups in total. The summed E-state index contributed by atoms with van der Waals surface area (Å²) in [5.41, 5.74) is 3.60. The minimum absolute atomic E-state index is 0.00835. The van der Waals surface area contributed by atoms with Crippen molar-refractivity contribution in [2.75, 3.05) is 0 Å². The molecular formula is C34H46N2O4. The maximum atomic E-state index is 11.7. The molecule has 0 bridgehead atoms. The summed E-state index contributed by atoms with van der Waals surface area (Å²) in [5.74, 6) is 0.315. The lowest BCUT2D eigenvalue weighted by molar-refractivity contribution is -0.118. The fourth-order valence-electron chi connectivity index (χ4n) is 5.50. The highest BCUT2D eigenvalue weighted by Crippen LogP contribution is 2.34. The minimum atomic E-state index is -0.586. The molecule has 0 aliphatic heterocycles. The lowest BCUT2D eigenvalue weighted by Crippen LogP contribution is -2.35. The molecule has 0 unspecified atom stereocenters. The number of rotatable bonds is 8. The van der Waals surface area contributed by atoms with Crippen molar-refractivity contribution in [2.45, 2.75) is 91.5 Å². The van der Waals surface area contributed by atoms with Crippen LogP contribution >= 0.6 is 0 Å². The van der Waals surface area contributed by atoms with Crippen LogP contribution in [0.25, 0.3) is 0 Å². The topological polar surface area (TPSA) is 98.7 Å². The van der Waals surface area contributed by atoms with Gasteiger partial charge < -0.3 is 20.8 Å². The third kappa shape index (κ3) is 9.46. The van der Waals surface area contributed by atoms with E-state index in [1.807, 2.05) is 74.5 Å². The second kappa shape index (κ2) is 13.4. The lowest BCUT2D eigenvalue weighted by atomic mass is 9.78. The second-order valence-corrected chi connectivity index (χ2v) is 12.9. The van der Waals surface area contributed by atoms with Gasteiger partial charge >= 0.3 is 0 Å². The van der Waals surface area contributed by atoms with Crippen LogP contribution in [0.1, 0.15) is 90.6 Å². The number of nitrogens with one attached hydrogen (secondary N) is 2. The van der Waals surface area contributed by atoms with Crippen LogP contribution in [0.3, 0.4) is 0 Å². The SMILES string of the molecule is C[C@H](NC1=CC(=O)CC(C)(C)C1)[C@H](O)c1ccccc1.C[C@H](NC1=CC(=O)CC(C)(C)C1)[C@H](O)c1ccccc1. The van der Waals surface area contributed by atoms with Crippen molar-refractivity contribution in [3.8, 4) is 0 Å². The van der Waals surface area contributed by atoms with Crippen LogP contribution < -0.4 is 10.6 Å². The van der Waals surface area contributed by atoms with Gasteiger partial charge in [0, 0.05) is 36.4 Å². The lowest BCUT2D eigenvalue weighted by Gasteiger charge is -2.32. The zero-order valence-electron chi connectivity index (χ0n) is 24.8. The smallest absolute Gasteiger partial charge is 0.157 e. The summed E-state index contributed by atoms with van der Waals surface area (Å²) < 4.78 is 0. The maximum absolute atomic E-state index is 11.7. The molecule has 6 heteroatoms. The standard InChI is InChI=1S/2C17H23NO2/c2*1-12(16(20)13-7-5-4-6-8-13)18-14-9-15(19)11-17(2,3)10-14/h2*4-9,12,16,18,20H,10-11H2,1-3H3/t2*12-,16-/m00/s1. The average molecular weight is 547 g/mol. The van der Waals surface area contributed by atoms with Gasteiger partial charge in [-0.1, -0.05) is 88.4 Å². The van der Waals surface area contributed by atoms with Gasteiger partial charge in [0.1, 0.15) is 0 Å². The average Bonchev–Trinajstić information content (AvgIpc) is 2.86. The van der Waals surface area contributed by atoms with Crippen LogP contribution in [-0.4, -0.2) is 33.9 Å². The molecule has 0 fully saturated rings. The van der Waals surface area contributed by atoms with Gasteiger partial charge in [-0.25, -0.2) is 0 Å². The van der Waals surface area contributed by atoms with Crippen LogP contribution in [0.4, 0.5) is 0 Å². The quantitative estimate of drug-likeness (QED) is 0.327. The molecule has 0 aromatic heterocycles. The Balaban J connectivity index is 0.000000220. The molecule has 4 rings (SSSR count). The summed E-state index contributed by atoms with van der Waals surface area (Å²) in [6, 6.07) is 18.9. The van der Waals surface area contributed by atoms with Crippen molar-refractivity contribution in [2.24, 2.45) is 10.8 Å². The van der Waals surface area contributed by atoms with E-state index in [1.54, 1.807) is 12.2 Å². The molecule has 4 atom stereocenters. The van der Waals surface area contributed by atoms with Crippen molar-refractivity contribution in [3.63, 3.8) is 0 Å². The van der Waals surface area contributed by atoms with Gasteiger partial charge in [0.05, 0.1) is 24.3 Å². The van der Waals surface area contributed by atoms with Crippen LogP contribution in [0.5, 0.6) is 0 Å². The van der Waals surface area contributed by atoms with Crippen molar-refractivity contribution < 1.29 is 19.8 Å². The number of ketones is 2. The van der Waals surface area contributed by atoms with Gasteiger partial charge in [0.25, 0.3) is 0 Å². The Hall–Kier alpha value is -3.22. The molecule has 2 aromatic rings. The molecule has 0 saturated carbocycles. The van der Waals surface area contributed by atoms with Crippen molar-refractivity contribution in [3.05, 3.63) is 95.3 Å². The number of aliphatic hydroxyl groups excluding tert-OH is 2. The Labute approximate surface area is 239 Å². The Morgan fingerprint density at radius 2 is 0.925 bits per heavy atom. The molecule has 2 aliphatic carbocycles. The molecule has 40 heavy (non-hydrogen) atoms. The largest absolute Gasteiger partial charge is 0.386 e.